The van der Waals surface area contributed by atoms with Gasteiger partial charge in [-0.1, -0.05) is 45.9 Å². The maximum atomic E-state index is 13.9. The van der Waals surface area contributed by atoms with E-state index in [-0.39, 0.29) is 31.4 Å². The van der Waals surface area contributed by atoms with Gasteiger partial charge in [0.1, 0.15) is 23.9 Å². The molecular formula is C33H44O10. The number of ether oxygens (including phenoxy) is 5. The summed E-state index contributed by atoms with van der Waals surface area (Å²) in [7, 11) is 0. The summed E-state index contributed by atoms with van der Waals surface area (Å²) in [5, 5.41) is 36.6. The molecule has 4 fully saturated rings. The minimum absolute atomic E-state index is 0.0157. The van der Waals surface area contributed by atoms with Crippen molar-refractivity contribution in [3.63, 3.8) is 0 Å². The molecule has 0 radical (unpaired) electrons. The molecule has 2 saturated carbocycles. The van der Waals surface area contributed by atoms with Crippen molar-refractivity contribution in [1.29, 1.82) is 0 Å². The Hall–Kier alpha value is -2.34. The van der Waals surface area contributed by atoms with Crippen LogP contribution in [-0.4, -0.2) is 87.5 Å². The first-order chi connectivity index (χ1) is 20.0. The monoisotopic (exact) mass is 600 g/mol. The highest BCUT2D eigenvalue weighted by Gasteiger charge is 2.79. The van der Waals surface area contributed by atoms with Gasteiger partial charge < -0.3 is 39.0 Å². The van der Waals surface area contributed by atoms with E-state index in [4.69, 9.17) is 23.7 Å². The van der Waals surface area contributed by atoms with Gasteiger partial charge in [0.05, 0.1) is 36.4 Å². The Balaban J connectivity index is 1.65. The number of hydrogen-bond donors (Lipinski definition) is 3. The highest BCUT2D eigenvalue weighted by molar-refractivity contribution is 5.89. The molecule has 3 aliphatic carbocycles. The minimum Gasteiger partial charge on any atom is -0.455 e. The SMILES string of the molecule is CCC(=O)O[C@@]12CO[C@@H]1C[C@H](O)[C@@]1(C)[C@@H]3OC(C)(C)O[C@@H]3C3=C(C)[C@@H](O)C[C@@](O)([C@@H](OC(=O)c4ccccc4)[C@H]21)C3(C)C. The Kier molecular flexibility index (Phi) is 7.01. The molecule has 10 heteroatoms. The second-order valence-electron chi connectivity index (χ2n) is 14.2. The summed E-state index contributed by atoms with van der Waals surface area (Å²) < 4.78 is 31.9. The molecule has 0 amide bonds. The molecular weight excluding hydrogens is 556 g/mol. The molecule has 2 heterocycles. The number of carbonyl (C=O) groups is 2. The summed E-state index contributed by atoms with van der Waals surface area (Å²) in [5.74, 6) is -3.26. The van der Waals surface area contributed by atoms with E-state index in [9.17, 15) is 24.9 Å². The fourth-order valence-corrected chi connectivity index (χ4v) is 8.79. The minimum atomic E-state index is -1.89. The quantitative estimate of drug-likeness (QED) is 0.349. The molecule has 2 saturated heterocycles. The fraction of sp³-hybridized carbons (Fsp3) is 0.697. The van der Waals surface area contributed by atoms with Crippen molar-refractivity contribution in [1.82, 2.24) is 0 Å². The zero-order valence-corrected chi connectivity index (χ0v) is 26.0. The average molecular weight is 601 g/mol. The van der Waals surface area contributed by atoms with E-state index >= 15 is 0 Å². The Morgan fingerprint density at radius 2 is 1.72 bits per heavy atom. The average Bonchev–Trinajstić information content (AvgIpc) is 3.26. The Morgan fingerprint density at radius 1 is 1.05 bits per heavy atom. The molecule has 2 bridgehead atoms. The molecule has 5 aliphatic rings. The van der Waals surface area contributed by atoms with E-state index in [0.717, 1.165) is 0 Å². The lowest BCUT2D eigenvalue weighted by Gasteiger charge is -2.68. The highest BCUT2D eigenvalue weighted by Crippen LogP contribution is 2.67. The molecule has 10 atom stereocenters. The van der Waals surface area contributed by atoms with E-state index in [1.165, 1.54) is 0 Å². The van der Waals surface area contributed by atoms with Crippen LogP contribution in [0.4, 0.5) is 0 Å². The number of benzene rings is 1. The maximum Gasteiger partial charge on any atom is 0.338 e. The summed E-state index contributed by atoms with van der Waals surface area (Å²) in [4.78, 5) is 26.9. The molecule has 236 valence electrons. The standard InChI is InChI=1S/C33H44O10/c1-8-22(36)41-32-16-39-21(32)14-20(35)31(7)25(32)27(40-28(37)18-12-10-9-11-13-18)33(38)15-19(34)17(2)23(29(33,3)4)24-26(31)43-30(5,6)42-24/h9-13,19-21,24-27,34-35,38H,8,14-16H2,1-7H3/t19-,20-,21+,24+,25-,26+,27-,31+,32-,33+/m0/s1. The van der Waals surface area contributed by atoms with Gasteiger partial charge in [-0.25, -0.2) is 4.79 Å². The van der Waals surface area contributed by atoms with Gasteiger partial charge in [0, 0.05) is 30.1 Å². The second-order valence-corrected chi connectivity index (χ2v) is 14.2. The number of carbonyl (C=O) groups excluding carboxylic acids is 2. The third kappa shape index (κ3) is 4.13. The van der Waals surface area contributed by atoms with E-state index in [1.54, 1.807) is 51.1 Å². The molecule has 0 unspecified atom stereocenters. The van der Waals surface area contributed by atoms with Gasteiger partial charge in [-0.05, 0) is 44.1 Å². The molecule has 1 aromatic rings. The van der Waals surface area contributed by atoms with Crippen LogP contribution in [0.5, 0.6) is 0 Å². The first kappa shape index (κ1) is 30.7. The zero-order valence-electron chi connectivity index (χ0n) is 26.0. The number of rotatable bonds is 4. The van der Waals surface area contributed by atoms with Crippen molar-refractivity contribution in [3.8, 4) is 0 Å². The van der Waals surface area contributed by atoms with Crippen LogP contribution in [0.3, 0.4) is 0 Å². The Bertz CT molecular complexity index is 1340. The first-order valence-electron chi connectivity index (χ1n) is 15.3. The van der Waals surface area contributed by atoms with E-state index in [2.05, 4.69) is 0 Å². The molecule has 10 nitrogen and oxygen atoms in total. The van der Waals surface area contributed by atoms with Crippen LogP contribution in [-0.2, 0) is 28.5 Å². The Morgan fingerprint density at radius 3 is 2.33 bits per heavy atom. The molecule has 3 N–H and O–H groups in total. The van der Waals surface area contributed by atoms with E-state index in [1.807, 2.05) is 27.7 Å². The van der Waals surface area contributed by atoms with Crippen LogP contribution in [0.2, 0.25) is 0 Å². The van der Waals surface area contributed by atoms with Crippen molar-refractivity contribution in [3.05, 3.63) is 47.0 Å². The topological polar surface area (TPSA) is 141 Å². The lowest BCUT2D eigenvalue weighted by Crippen LogP contribution is -2.82. The first-order valence-corrected chi connectivity index (χ1v) is 15.3. The van der Waals surface area contributed by atoms with Crippen molar-refractivity contribution >= 4 is 11.9 Å². The largest absolute Gasteiger partial charge is 0.455 e. The zero-order chi connectivity index (χ0) is 31.3. The van der Waals surface area contributed by atoms with Gasteiger partial charge in [-0.2, -0.15) is 0 Å². The molecule has 43 heavy (non-hydrogen) atoms. The van der Waals surface area contributed by atoms with Gasteiger partial charge in [0.25, 0.3) is 0 Å². The maximum absolute atomic E-state index is 13.9. The van der Waals surface area contributed by atoms with Crippen LogP contribution in [0.15, 0.2) is 41.5 Å². The predicted molar refractivity (Wildman–Crippen MR) is 153 cm³/mol. The third-order valence-corrected chi connectivity index (χ3v) is 11.2. The van der Waals surface area contributed by atoms with Crippen LogP contribution >= 0.6 is 0 Å². The number of aliphatic hydroxyl groups excluding tert-OH is 2. The summed E-state index contributed by atoms with van der Waals surface area (Å²) in [6.07, 6.45) is -5.75. The molecule has 6 rings (SSSR count). The second kappa shape index (κ2) is 9.83. The van der Waals surface area contributed by atoms with Crippen molar-refractivity contribution in [2.24, 2.45) is 16.7 Å². The number of fused-ring (bicyclic) bond motifs is 8. The third-order valence-electron chi connectivity index (χ3n) is 11.2. The lowest BCUT2D eigenvalue weighted by molar-refractivity contribution is -0.363. The summed E-state index contributed by atoms with van der Waals surface area (Å²) >= 11 is 0. The molecule has 0 spiro atoms. The van der Waals surface area contributed by atoms with E-state index < -0.39 is 82.3 Å². The smallest absolute Gasteiger partial charge is 0.338 e. The van der Waals surface area contributed by atoms with Gasteiger partial charge >= 0.3 is 11.9 Å². The Labute approximate surface area is 252 Å². The molecule has 2 aliphatic heterocycles. The number of hydrogen-bond acceptors (Lipinski definition) is 10. The van der Waals surface area contributed by atoms with Gasteiger partial charge in [0.2, 0.25) is 0 Å². The van der Waals surface area contributed by atoms with Crippen LogP contribution in [0.25, 0.3) is 0 Å². The van der Waals surface area contributed by atoms with Crippen molar-refractivity contribution in [2.75, 3.05) is 6.61 Å². The van der Waals surface area contributed by atoms with Gasteiger partial charge in [-0.15, -0.1) is 0 Å². The normalized spacial score (nSPS) is 44.1. The fourth-order valence-electron chi connectivity index (χ4n) is 8.79. The number of esters is 2. The van der Waals surface area contributed by atoms with Crippen LogP contribution < -0.4 is 0 Å². The van der Waals surface area contributed by atoms with E-state index in [0.29, 0.717) is 11.1 Å². The molecule has 0 aromatic heterocycles. The summed E-state index contributed by atoms with van der Waals surface area (Å²) in [6.45, 7) is 12.6. The van der Waals surface area contributed by atoms with Crippen LogP contribution in [0.1, 0.15) is 78.1 Å². The van der Waals surface area contributed by atoms with Crippen molar-refractivity contribution in [2.45, 2.75) is 121 Å². The highest BCUT2D eigenvalue weighted by atomic mass is 16.8. The van der Waals surface area contributed by atoms with Gasteiger partial charge in [0.15, 0.2) is 11.4 Å². The lowest BCUT2D eigenvalue weighted by atomic mass is 9.44. The van der Waals surface area contributed by atoms with Crippen LogP contribution in [0, 0.1) is 16.7 Å². The van der Waals surface area contributed by atoms with Gasteiger partial charge in [-0.3, -0.25) is 4.79 Å². The van der Waals surface area contributed by atoms with Crippen molar-refractivity contribution < 1.29 is 48.6 Å². The summed E-state index contributed by atoms with van der Waals surface area (Å²) in [5.41, 5.74) is -4.08. The predicted octanol–water partition coefficient (Wildman–Crippen LogP) is 3.06. The molecule has 1 aromatic carbocycles. The number of aliphatic hydroxyl groups is 3. The summed E-state index contributed by atoms with van der Waals surface area (Å²) in [6, 6.07) is 8.45.